The molecule has 1 aromatic heterocycles. The summed E-state index contributed by atoms with van der Waals surface area (Å²) in [5, 5.41) is 0. The average molecular weight is 192 g/mol. The highest BCUT2D eigenvalue weighted by molar-refractivity contribution is 5.22. The van der Waals surface area contributed by atoms with Gasteiger partial charge in [-0.1, -0.05) is 6.07 Å². The molecule has 0 bridgehead atoms. The first-order chi connectivity index (χ1) is 6.84. The number of ether oxygens (including phenoxy) is 1. The molecule has 1 aromatic carbocycles. The van der Waals surface area contributed by atoms with Gasteiger partial charge in [-0.25, -0.2) is 4.39 Å². The second kappa shape index (κ2) is 3.96. The second-order valence-electron chi connectivity index (χ2n) is 2.88. The SMILES string of the molecule is Fc1cccc(OCc2ccoc2)c1. The largest absolute Gasteiger partial charge is 0.489 e. The van der Waals surface area contributed by atoms with Gasteiger partial charge in [-0.05, 0) is 18.2 Å². The van der Waals surface area contributed by atoms with Gasteiger partial charge in [-0.3, -0.25) is 0 Å². The van der Waals surface area contributed by atoms with Crippen LogP contribution in [0.15, 0.2) is 47.3 Å². The zero-order chi connectivity index (χ0) is 9.80. The molecule has 2 rings (SSSR count). The molecule has 0 N–H and O–H groups in total. The Morgan fingerprint density at radius 3 is 2.93 bits per heavy atom. The highest BCUT2D eigenvalue weighted by Crippen LogP contribution is 2.14. The minimum absolute atomic E-state index is 0.297. The summed E-state index contributed by atoms with van der Waals surface area (Å²) in [6, 6.07) is 7.85. The second-order valence-corrected chi connectivity index (χ2v) is 2.88. The maximum atomic E-state index is 12.7. The minimum atomic E-state index is -0.297. The molecule has 0 saturated heterocycles. The maximum absolute atomic E-state index is 12.7. The first kappa shape index (κ1) is 8.81. The number of halogens is 1. The van der Waals surface area contributed by atoms with E-state index in [1.165, 1.54) is 12.1 Å². The third kappa shape index (κ3) is 2.13. The number of benzene rings is 1. The molecule has 0 aliphatic carbocycles. The number of hydrogen-bond acceptors (Lipinski definition) is 2. The molecule has 0 amide bonds. The van der Waals surface area contributed by atoms with Crippen LogP contribution in [0.4, 0.5) is 4.39 Å². The fourth-order valence-corrected chi connectivity index (χ4v) is 1.10. The molecule has 1 heterocycles. The van der Waals surface area contributed by atoms with E-state index in [-0.39, 0.29) is 5.82 Å². The van der Waals surface area contributed by atoms with Crippen LogP contribution in [0.5, 0.6) is 5.75 Å². The monoisotopic (exact) mass is 192 g/mol. The molecule has 0 atom stereocenters. The Labute approximate surface area is 80.9 Å². The summed E-state index contributed by atoms with van der Waals surface area (Å²) >= 11 is 0. The number of hydrogen-bond donors (Lipinski definition) is 0. The van der Waals surface area contributed by atoms with Crippen LogP contribution in [-0.2, 0) is 6.61 Å². The Balaban J connectivity index is 1.98. The molecule has 0 aliphatic rings. The third-order valence-corrected chi connectivity index (χ3v) is 1.78. The quantitative estimate of drug-likeness (QED) is 0.745. The van der Waals surface area contributed by atoms with Crippen molar-refractivity contribution in [3.05, 3.63) is 54.2 Å². The molecule has 0 radical (unpaired) electrons. The molecule has 0 fully saturated rings. The van der Waals surface area contributed by atoms with Crippen molar-refractivity contribution in [1.82, 2.24) is 0 Å². The van der Waals surface area contributed by atoms with E-state index in [0.29, 0.717) is 12.4 Å². The van der Waals surface area contributed by atoms with E-state index in [9.17, 15) is 4.39 Å². The van der Waals surface area contributed by atoms with E-state index in [1.54, 1.807) is 30.7 Å². The fourth-order valence-electron chi connectivity index (χ4n) is 1.10. The van der Waals surface area contributed by atoms with Gasteiger partial charge in [0, 0.05) is 11.6 Å². The van der Waals surface area contributed by atoms with Crippen LogP contribution in [0.3, 0.4) is 0 Å². The lowest BCUT2D eigenvalue weighted by molar-refractivity contribution is 0.303. The topological polar surface area (TPSA) is 22.4 Å². The van der Waals surface area contributed by atoms with Crippen LogP contribution in [0.1, 0.15) is 5.56 Å². The summed E-state index contributed by atoms with van der Waals surface area (Å²) in [7, 11) is 0. The minimum Gasteiger partial charge on any atom is -0.489 e. The molecular weight excluding hydrogens is 183 g/mol. The van der Waals surface area contributed by atoms with Gasteiger partial charge in [0.1, 0.15) is 18.2 Å². The van der Waals surface area contributed by atoms with Gasteiger partial charge in [0.15, 0.2) is 0 Å². The van der Waals surface area contributed by atoms with Crippen molar-refractivity contribution in [3.63, 3.8) is 0 Å². The first-order valence-electron chi connectivity index (χ1n) is 4.24. The predicted molar refractivity (Wildman–Crippen MR) is 49.4 cm³/mol. The molecule has 72 valence electrons. The lowest BCUT2D eigenvalue weighted by atomic mass is 10.3. The Morgan fingerprint density at radius 1 is 1.29 bits per heavy atom. The first-order valence-corrected chi connectivity index (χ1v) is 4.24. The lowest BCUT2D eigenvalue weighted by Crippen LogP contribution is -1.93. The fraction of sp³-hybridized carbons (Fsp3) is 0.0909. The van der Waals surface area contributed by atoms with Gasteiger partial charge in [-0.15, -0.1) is 0 Å². The maximum Gasteiger partial charge on any atom is 0.126 e. The normalized spacial score (nSPS) is 10.1. The summed E-state index contributed by atoms with van der Waals surface area (Å²) in [4.78, 5) is 0. The molecule has 2 nitrogen and oxygen atoms in total. The van der Waals surface area contributed by atoms with E-state index in [2.05, 4.69) is 0 Å². The van der Waals surface area contributed by atoms with Gasteiger partial charge in [-0.2, -0.15) is 0 Å². The number of furan rings is 1. The molecule has 0 saturated carbocycles. The zero-order valence-electron chi connectivity index (χ0n) is 7.44. The molecule has 2 aromatic rings. The number of rotatable bonds is 3. The molecule has 0 spiro atoms. The smallest absolute Gasteiger partial charge is 0.126 e. The van der Waals surface area contributed by atoms with Crippen LogP contribution in [0.25, 0.3) is 0 Å². The molecule has 0 unspecified atom stereocenters. The van der Waals surface area contributed by atoms with Crippen molar-refractivity contribution in [3.8, 4) is 5.75 Å². The van der Waals surface area contributed by atoms with Gasteiger partial charge in [0.05, 0.1) is 12.5 Å². The summed E-state index contributed by atoms with van der Waals surface area (Å²) in [6.45, 7) is 0.389. The van der Waals surface area contributed by atoms with Crippen molar-refractivity contribution in [1.29, 1.82) is 0 Å². The van der Waals surface area contributed by atoms with E-state index >= 15 is 0 Å². The van der Waals surface area contributed by atoms with E-state index in [4.69, 9.17) is 9.15 Å². The highest BCUT2D eigenvalue weighted by atomic mass is 19.1. The van der Waals surface area contributed by atoms with Gasteiger partial charge in [0.2, 0.25) is 0 Å². The van der Waals surface area contributed by atoms with Gasteiger partial charge >= 0.3 is 0 Å². The van der Waals surface area contributed by atoms with E-state index in [0.717, 1.165) is 5.56 Å². The Kier molecular flexibility index (Phi) is 2.49. The summed E-state index contributed by atoms with van der Waals surface area (Å²) < 4.78 is 22.9. The van der Waals surface area contributed by atoms with Gasteiger partial charge < -0.3 is 9.15 Å². The van der Waals surface area contributed by atoms with Crippen LogP contribution in [-0.4, -0.2) is 0 Å². The van der Waals surface area contributed by atoms with Crippen molar-refractivity contribution in [2.24, 2.45) is 0 Å². The average Bonchev–Trinajstić information content (AvgIpc) is 2.67. The zero-order valence-corrected chi connectivity index (χ0v) is 7.44. The summed E-state index contributed by atoms with van der Waals surface area (Å²) in [5.41, 5.74) is 0.925. The molecule has 0 aliphatic heterocycles. The Morgan fingerprint density at radius 2 is 2.21 bits per heavy atom. The third-order valence-electron chi connectivity index (χ3n) is 1.78. The molecular formula is C11H9FO2. The Bertz CT molecular complexity index is 395. The molecule has 14 heavy (non-hydrogen) atoms. The van der Waals surface area contributed by atoms with Crippen molar-refractivity contribution >= 4 is 0 Å². The summed E-state index contributed by atoms with van der Waals surface area (Å²) in [6.07, 6.45) is 3.17. The predicted octanol–water partition coefficient (Wildman–Crippen LogP) is 3.00. The van der Waals surface area contributed by atoms with E-state index in [1.807, 2.05) is 0 Å². The van der Waals surface area contributed by atoms with Crippen molar-refractivity contribution < 1.29 is 13.5 Å². The Hall–Kier alpha value is -1.77. The highest BCUT2D eigenvalue weighted by Gasteiger charge is 1.97. The van der Waals surface area contributed by atoms with Crippen LogP contribution >= 0.6 is 0 Å². The summed E-state index contributed by atoms with van der Waals surface area (Å²) in [5.74, 6) is 0.223. The molecule has 3 heteroatoms. The lowest BCUT2D eigenvalue weighted by Gasteiger charge is -2.03. The van der Waals surface area contributed by atoms with E-state index < -0.39 is 0 Å². The van der Waals surface area contributed by atoms with Crippen molar-refractivity contribution in [2.75, 3.05) is 0 Å². The standard InChI is InChI=1S/C11H9FO2/c12-10-2-1-3-11(6-10)14-8-9-4-5-13-7-9/h1-7H,8H2. The van der Waals surface area contributed by atoms with Crippen LogP contribution < -0.4 is 4.74 Å². The van der Waals surface area contributed by atoms with Crippen LogP contribution in [0, 0.1) is 5.82 Å². The van der Waals surface area contributed by atoms with Crippen molar-refractivity contribution in [2.45, 2.75) is 6.61 Å². The van der Waals surface area contributed by atoms with Crippen LogP contribution in [0.2, 0.25) is 0 Å². The van der Waals surface area contributed by atoms with Gasteiger partial charge in [0.25, 0.3) is 0 Å².